The minimum Gasteiger partial charge on any atom is -0.0712 e. The Labute approximate surface area is 285 Å². The molecule has 0 spiro atoms. The van der Waals surface area contributed by atoms with Crippen LogP contribution in [0.3, 0.4) is 0 Å². The Hall–Kier alpha value is 0.460. The van der Waals surface area contributed by atoms with Gasteiger partial charge in [0.2, 0.25) is 0 Å². The van der Waals surface area contributed by atoms with Crippen LogP contribution in [0.25, 0.3) is 75.4 Å². The van der Waals surface area contributed by atoms with E-state index in [1.165, 1.54) is 97.7 Å². The summed E-state index contributed by atoms with van der Waals surface area (Å²) in [4.78, 5) is 0. The Balaban J connectivity index is 1.85. The minimum absolute atomic E-state index is 0.0476. The highest BCUT2D eigenvalue weighted by molar-refractivity contribution is 9.25. The lowest BCUT2D eigenvalue weighted by molar-refractivity contribution is 1.47. The largest absolute Gasteiger partial charge is 0.0952 e. The van der Waals surface area contributed by atoms with E-state index in [1.54, 1.807) is 0 Å². The normalized spacial score (nSPS) is 13.7. The highest BCUT2D eigenvalue weighted by Crippen LogP contribution is 2.60. The molecule has 8 rings (SSSR count). The average Bonchev–Trinajstić information content (AvgIpc) is 3.42. The summed E-state index contributed by atoms with van der Waals surface area (Å²) in [5.74, 6) is 0. The van der Waals surface area contributed by atoms with Crippen molar-refractivity contribution in [2.75, 3.05) is 0 Å². The molecule has 0 unspecified atom stereocenters. The van der Waals surface area contributed by atoms with Crippen LogP contribution in [0.5, 0.6) is 0 Å². The monoisotopic (exact) mass is 1000 g/mol. The van der Waals surface area contributed by atoms with Crippen molar-refractivity contribution in [1.29, 1.82) is 0 Å². The molecule has 0 atom stereocenters. The molecule has 188 valence electrons. The van der Waals surface area contributed by atoms with Gasteiger partial charge in [-0.1, -0.05) is 176 Å². The smallest absolute Gasteiger partial charge is 0.0712 e. The Bertz CT molecular complexity index is 1890. The lowest BCUT2D eigenvalue weighted by Gasteiger charge is -2.14. The molecular weight excluding hydrogens is 1000 g/mol. The van der Waals surface area contributed by atoms with Gasteiger partial charge in [0, 0.05) is 0 Å². The van der Waals surface area contributed by atoms with Gasteiger partial charge in [0.1, 0.15) is 0 Å². The van der Waals surface area contributed by atoms with E-state index in [0.717, 1.165) is 0 Å². The first kappa shape index (κ1) is 26.1. The zero-order valence-corrected chi connectivity index (χ0v) is 31.6. The van der Waals surface area contributed by atoms with Crippen LogP contribution in [0.1, 0.15) is 37.2 Å². The van der Waals surface area contributed by atoms with Crippen molar-refractivity contribution in [3.8, 4) is 0 Å². The molecule has 0 aromatic heterocycles. The molecule has 0 aliphatic carbocycles. The molecule has 0 heterocycles. The van der Waals surface area contributed by atoms with Gasteiger partial charge in [-0.2, -0.15) is 0 Å². The van der Waals surface area contributed by atoms with Gasteiger partial charge in [0.25, 0.3) is 0 Å². The van der Waals surface area contributed by atoms with E-state index in [0.29, 0.717) is 0 Å². The fraction of sp³-hybridized carbons (Fsp3) is 0.133. The SMILES string of the molecule is BrC(Br)c1ccc2c3ccc(C(Br)Br)c4c5c(C(Br)Br)ccc6c7ccc(C(Br)Br)c8c1c2c(c78)c(c34)c65. The summed E-state index contributed by atoms with van der Waals surface area (Å²) in [7, 11) is 0. The third-order valence-corrected chi connectivity index (χ3v) is 12.2. The average molecular weight is 1010 g/mol. The first-order chi connectivity index (χ1) is 18.2. The van der Waals surface area contributed by atoms with E-state index < -0.39 is 0 Å². The third kappa shape index (κ3) is 3.16. The molecule has 0 saturated carbocycles. The number of rotatable bonds is 4. The van der Waals surface area contributed by atoms with Crippen LogP contribution in [-0.2, 0) is 0 Å². The number of halogens is 8. The maximum absolute atomic E-state index is 3.86. The minimum atomic E-state index is 0.0476. The fourth-order valence-electron chi connectivity index (χ4n) is 6.97. The molecule has 0 aliphatic heterocycles. The molecule has 0 N–H and O–H groups in total. The molecule has 8 heteroatoms. The van der Waals surface area contributed by atoms with Gasteiger partial charge < -0.3 is 0 Å². The number of fused-ring (bicyclic) bond motifs is 4. The Morgan fingerprint density at radius 2 is 0.474 bits per heavy atom. The number of hydrogen-bond acceptors (Lipinski definition) is 0. The van der Waals surface area contributed by atoms with Crippen LogP contribution in [0.15, 0.2) is 48.5 Å². The Morgan fingerprint density at radius 1 is 0.263 bits per heavy atom. The summed E-state index contributed by atoms with van der Waals surface area (Å²) in [6, 6.07) is 18.4. The number of alkyl halides is 8. The number of benzene rings is 6. The zero-order chi connectivity index (χ0) is 26.4. The van der Waals surface area contributed by atoms with E-state index in [-0.39, 0.29) is 14.9 Å². The van der Waals surface area contributed by atoms with Crippen molar-refractivity contribution in [1.82, 2.24) is 0 Å². The second kappa shape index (κ2) is 8.98. The van der Waals surface area contributed by atoms with E-state index in [2.05, 4.69) is 176 Å². The fourth-order valence-corrected chi connectivity index (χ4v) is 10.0. The zero-order valence-electron chi connectivity index (χ0n) is 19.0. The van der Waals surface area contributed by atoms with Gasteiger partial charge in [-0.15, -0.1) is 0 Å². The second-order valence-corrected chi connectivity index (χ2v) is 22.0. The van der Waals surface area contributed by atoms with Crippen molar-refractivity contribution in [2.45, 2.75) is 14.9 Å². The summed E-state index contributed by atoms with van der Waals surface area (Å²) in [5.41, 5.74) is 5.03. The lowest BCUT2D eigenvalue weighted by Crippen LogP contribution is -1.89. The van der Waals surface area contributed by atoms with Gasteiger partial charge in [0.15, 0.2) is 0 Å². The van der Waals surface area contributed by atoms with Crippen molar-refractivity contribution in [2.24, 2.45) is 0 Å². The predicted molar refractivity (Wildman–Crippen MR) is 196 cm³/mol. The van der Waals surface area contributed by atoms with Crippen LogP contribution in [-0.4, -0.2) is 0 Å². The van der Waals surface area contributed by atoms with Crippen molar-refractivity contribution < 1.29 is 0 Å². The summed E-state index contributed by atoms with van der Waals surface area (Å²) >= 11 is 30.9. The molecule has 0 nitrogen and oxygen atoms in total. The van der Waals surface area contributed by atoms with E-state index >= 15 is 0 Å². The Morgan fingerprint density at radius 3 is 0.658 bits per heavy atom. The first-order valence-corrected chi connectivity index (χ1v) is 19.1. The summed E-state index contributed by atoms with van der Waals surface area (Å²) in [5, 5.41) is 18.8. The van der Waals surface area contributed by atoms with Gasteiger partial charge in [-0.05, 0) is 97.7 Å². The molecule has 0 saturated heterocycles. The van der Waals surface area contributed by atoms with Gasteiger partial charge in [0.05, 0.1) is 14.9 Å². The molecule has 0 bridgehead atoms. The summed E-state index contributed by atoms with van der Waals surface area (Å²) < 4.78 is 0.190. The molecule has 0 fully saturated rings. The topological polar surface area (TPSA) is 0 Å². The predicted octanol–water partition coefficient (Wildman–Crippen LogP) is 14.7. The van der Waals surface area contributed by atoms with Crippen LogP contribution in [0, 0.1) is 0 Å². The summed E-state index contributed by atoms with van der Waals surface area (Å²) in [6.45, 7) is 0. The van der Waals surface area contributed by atoms with Gasteiger partial charge in [-0.3, -0.25) is 0 Å². The highest BCUT2D eigenvalue weighted by Gasteiger charge is 2.32. The molecular formula is C30H12Br8. The van der Waals surface area contributed by atoms with Crippen molar-refractivity contribution in [3.05, 3.63) is 70.8 Å². The first-order valence-electron chi connectivity index (χ1n) is 11.8. The van der Waals surface area contributed by atoms with Crippen molar-refractivity contribution >= 4 is 203 Å². The van der Waals surface area contributed by atoms with Crippen LogP contribution < -0.4 is 0 Å². The highest BCUT2D eigenvalue weighted by atomic mass is 79.9. The summed E-state index contributed by atoms with van der Waals surface area (Å²) in [6.07, 6.45) is 0. The maximum atomic E-state index is 3.86. The van der Waals surface area contributed by atoms with Gasteiger partial charge >= 0.3 is 0 Å². The molecule has 8 aromatic carbocycles. The third-order valence-electron chi connectivity index (χ3n) is 8.22. The lowest BCUT2D eigenvalue weighted by atomic mass is 9.90. The van der Waals surface area contributed by atoms with Gasteiger partial charge in [-0.25, -0.2) is 0 Å². The maximum Gasteiger partial charge on any atom is 0.0952 e. The Kier molecular flexibility index (Phi) is 6.17. The standard InChI is InChI=1S/C30H12Br8/c31-27(32)13-5-1-9-10-2-6-14(28(33)34)22-18(10)26-20-12(4-8-16(24(20)22)30(37)38)11-3-7-15(29(35)36)23-19(11)25(26)17(9)21(13)23/h1-8,27-30H. The second-order valence-electron chi connectivity index (χ2n) is 9.76. The van der Waals surface area contributed by atoms with Crippen LogP contribution >= 0.6 is 127 Å². The molecule has 38 heavy (non-hydrogen) atoms. The van der Waals surface area contributed by atoms with E-state index in [1.807, 2.05) is 0 Å². The van der Waals surface area contributed by atoms with E-state index in [4.69, 9.17) is 0 Å². The van der Waals surface area contributed by atoms with Crippen molar-refractivity contribution in [3.63, 3.8) is 0 Å². The molecule has 0 radical (unpaired) electrons. The number of hydrogen-bond donors (Lipinski definition) is 0. The van der Waals surface area contributed by atoms with Crippen LogP contribution in [0.4, 0.5) is 0 Å². The van der Waals surface area contributed by atoms with Crippen LogP contribution in [0.2, 0.25) is 0 Å². The molecule has 8 aromatic rings. The van der Waals surface area contributed by atoms with E-state index in [9.17, 15) is 0 Å². The molecule has 0 amide bonds. The molecule has 0 aliphatic rings. The quantitative estimate of drug-likeness (QED) is 0.122.